The van der Waals surface area contributed by atoms with E-state index in [1.807, 2.05) is 20.8 Å². The lowest BCUT2D eigenvalue weighted by atomic mass is 10.1. The molecule has 1 aliphatic rings. The molecule has 0 aliphatic carbocycles. The van der Waals surface area contributed by atoms with E-state index in [-0.39, 0.29) is 17.4 Å². The number of nitrogens with two attached hydrogens (primary N) is 1. The van der Waals surface area contributed by atoms with Gasteiger partial charge in [-0.25, -0.2) is 8.42 Å². The second kappa shape index (κ2) is 6.16. The molecular formula is C12H25NO3S. The Hall–Kier alpha value is -0.130. The second-order valence-electron chi connectivity index (χ2n) is 4.89. The third kappa shape index (κ3) is 3.20. The molecule has 102 valence electrons. The fraction of sp³-hybridized carbons (Fsp3) is 1.00. The molecule has 17 heavy (non-hydrogen) atoms. The number of hydrogen-bond donors (Lipinski definition) is 1. The molecule has 0 bridgehead atoms. The van der Waals surface area contributed by atoms with Crippen LogP contribution in [0.3, 0.4) is 0 Å². The molecule has 0 amide bonds. The lowest BCUT2D eigenvalue weighted by Gasteiger charge is -2.26. The van der Waals surface area contributed by atoms with E-state index in [0.29, 0.717) is 19.4 Å². The highest BCUT2D eigenvalue weighted by atomic mass is 32.2. The predicted octanol–water partition coefficient (Wildman–Crippen LogP) is 1.48. The minimum atomic E-state index is -3.17. The molecule has 0 radical (unpaired) electrons. The fourth-order valence-electron chi connectivity index (χ4n) is 2.67. The topological polar surface area (TPSA) is 69.4 Å². The van der Waals surface area contributed by atoms with Crippen LogP contribution in [0.1, 0.15) is 46.5 Å². The molecule has 1 heterocycles. The van der Waals surface area contributed by atoms with Crippen LogP contribution in [0.2, 0.25) is 0 Å². The number of hydrogen-bond acceptors (Lipinski definition) is 4. The molecular weight excluding hydrogens is 238 g/mol. The third-order valence-corrected chi connectivity index (χ3v) is 6.64. The van der Waals surface area contributed by atoms with E-state index >= 15 is 0 Å². The summed E-state index contributed by atoms with van der Waals surface area (Å²) in [4.78, 5) is 0. The Balaban J connectivity index is 2.85. The molecule has 1 fully saturated rings. The minimum Gasteiger partial charge on any atom is -0.377 e. The van der Waals surface area contributed by atoms with Gasteiger partial charge >= 0.3 is 0 Å². The van der Waals surface area contributed by atoms with Crippen LogP contribution in [0.25, 0.3) is 0 Å². The maximum Gasteiger partial charge on any atom is 0.160 e. The quantitative estimate of drug-likeness (QED) is 0.788. The molecule has 0 saturated carbocycles. The van der Waals surface area contributed by atoms with Crippen LogP contribution < -0.4 is 5.73 Å². The molecule has 0 spiro atoms. The average Bonchev–Trinajstić information content (AvgIpc) is 2.66. The molecule has 2 N–H and O–H groups in total. The Morgan fingerprint density at radius 2 is 2.06 bits per heavy atom. The summed E-state index contributed by atoms with van der Waals surface area (Å²) in [5, 5.41) is -0.785. The van der Waals surface area contributed by atoms with E-state index in [1.165, 1.54) is 0 Å². The molecule has 5 heteroatoms. The average molecular weight is 263 g/mol. The first-order valence-corrected chi connectivity index (χ1v) is 8.15. The summed E-state index contributed by atoms with van der Waals surface area (Å²) in [5.41, 5.74) is 6.02. The lowest BCUT2D eigenvalue weighted by Crippen LogP contribution is -2.46. The highest BCUT2D eigenvalue weighted by Crippen LogP contribution is 2.27. The van der Waals surface area contributed by atoms with E-state index in [9.17, 15) is 8.42 Å². The highest BCUT2D eigenvalue weighted by molar-refractivity contribution is 7.92. The summed E-state index contributed by atoms with van der Waals surface area (Å²) in [6.45, 7) is 6.32. The van der Waals surface area contributed by atoms with Gasteiger partial charge in [-0.05, 0) is 26.2 Å². The minimum absolute atomic E-state index is 0.192. The fourth-order valence-corrected chi connectivity index (χ4v) is 5.24. The Bertz CT molecular complexity index is 329. The molecule has 0 aromatic carbocycles. The van der Waals surface area contributed by atoms with Gasteiger partial charge in [-0.1, -0.05) is 20.3 Å². The monoisotopic (exact) mass is 263 g/mol. The molecule has 1 saturated heterocycles. The zero-order valence-corrected chi connectivity index (χ0v) is 11.9. The van der Waals surface area contributed by atoms with E-state index in [4.69, 9.17) is 10.5 Å². The van der Waals surface area contributed by atoms with Gasteiger partial charge in [-0.2, -0.15) is 0 Å². The number of sulfone groups is 1. The first kappa shape index (κ1) is 14.9. The standard InChI is InChI=1S/C12H25NO3S/c1-4-6-10(13)11(5-2)17(14,15)12-7-8-16-9(12)3/h9-12H,4-8,13H2,1-3H3. The van der Waals surface area contributed by atoms with Crippen molar-refractivity contribution in [3.8, 4) is 0 Å². The molecule has 1 aliphatic heterocycles. The molecule has 1 rings (SSSR count). The van der Waals surface area contributed by atoms with Crippen molar-refractivity contribution in [1.82, 2.24) is 0 Å². The number of rotatable bonds is 6. The van der Waals surface area contributed by atoms with Crippen molar-refractivity contribution in [2.24, 2.45) is 5.73 Å². The van der Waals surface area contributed by atoms with Crippen LogP contribution >= 0.6 is 0 Å². The van der Waals surface area contributed by atoms with E-state index < -0.39 is 15.1 Å². The summed E-state index contributed by atoms with van der Waals surface area (Å²) in [6, 6.07) is -0.247. The summed E-state index contributed by atoms with van der Waals surface area (Å²) in [7, 11) is -3.17. The zero-order chi connectivity index (χ0) is 13.1. The van der Waals surface area contributed by atoms with Crippen molar-refractivity contribution >= 4 is 9.84 Å². The summed E-state index contributed by atoms with van der Waals surface area (Å²) < 4.78 is 30.4. The van der Waals surface area contributed by atoms with Gasteiger partial charge < -0.3 is 10.5 Å². The van der Waals surface area contributed by atoms with E-state index in [2.05, 4.69) is 0 Å². The van der Waals surface area contributed by atoms with Crippen LogP contribution in [-0.4, -0.2) is 37.7 Å². The SMILES string of the molecule is CCCC(N)C(CC)S(=O)(=O)C1CCOC1C. The maximum atomic E-state index is 12.5. The zero-order valence-electron chi connectivity index (χ0n) is 11.1. The van der Waals surface area contributed by atoms with Gasteiger partial charge in [0, 0.05) is 12.6 Å². The third-order valence-electron chi connectivity index (χ3n) is 3.65. The molecule has 0 aromatic rings. The molecule has 0 aromatic heterocycles. The van der Waals surface area contributed by atoms with Gasteiger partial charge in [-0.15, -0.1) is 0 Å². The molecule has 4 unspecified atom stereocenters. The van der Waals surface area contributed by atoms with Crippen LogP contribution in [0, 0.1) is 0 Å². The Morgan fingerprint density at radius 1 is 1.41 bits per heavy atom. The summed E-state index contributed by atoms with van der Waals surface area (Å²) in [5.74, 6) is 0. The Morgan fingerprint density at radius 3 is 2.47 bits per heavy atom. The van der Waals surface area contributed by atoms with Gasteiger partial charge in [0.05, 0.1) is 16.6 Å². The first-order valence-electron chi connectivity index (χ1n) is 6.55. The maximum absolute atomic E-state index is 12.5. The highest BCUT2D eigenvalue weighted by Gasteiger charge is 2.41. The normalized spacial score (nSPS) is 29.2. The van der Waals surface area contributed by atoms with Crippen LogP contribution in [0.4, 0.5) is 0 Å². The van der Waals surface area contributed by atoms with Gasteiger partial charge in [0.25, 0.3) is 0 Å². The molecule has 4 atom stereocenters. The largest absolute Gasteiger partial charge is 0.377 e. The van der Waals surface area contributed by atoms with E-state index in [1.54, 1.807) is 0 Å². The predicted molar refractivity (Wildman–Crippen MR) is 69.7 cm³/mol. The van der Waals surface area contributed by atoms with Crippen molar-refractivity contribution in [1.29, 1.82) is 0 Å². The van der Waals surface area contributed by atoms with Gasteiger partial charge in [0.2, 0.25) is 0 Å². The van der Waals surface area contributed by atoms with E-state index in [0.717, 1.165) is 12.8 Å². The van der Waals surface area contributed by atoms with Crippen LogP contribution in [-0.2, 0) is 14.6 Å². The van der Waals surface area contributed by atoms with Gasteiger partial charge in [-0.3, -0.25) is 0 Å². The second-order valence-corrected chi connectivity index (χ2v) is 7.28. The van der Waals surface area contributed by atoms with Crippen molar-refractivity contribution in [3.63, 3.8) is 0 Å². The van der Waals surface area contributed by atoms with Crippen molar-refractivity contribution in [2.75, 3.05) is 6.61 Å². The van der Waals surface area contributed by atoms with Crippen molar-refractivity contribution < 1.29 is 13.2 Å². The van der Waals surface area contributed by atoms with Crippen LogP contribution in [0.5, 0.6) is 0 Å². The number of ether oxygens (including phenoxy) is 1. The summed E-state index contributed by atoms with van der Waals surface area (Å²) in [6.07, 6.45) is 2.69. The Labute approximate surface area is 105 Å². The molecule has 4 nitrogen and oxygen atoms in total. The van der Waals surface area contributed by atoms with Gasteiger partial charge in [0.15, 0.2) is 9.84 Å². The van der Waals surface area contributed by atoms with Crippen molar-refractivity contribution in [3.05, 3.63) is 0 Å². The Kier molecular flexibility index (Phi) is 5.41. The van der Waals surface area contributed by atoms with Gasteiger partial charge in [0.1, 0.15) is 0 Å². The van der Waals surface area contributed by atoms with Crippen LogP contribution in [0.15, 0.2) is 0 Å². The van der Waals surface area contributed by atoms with Crippen molar-refractivity contribution in [2.45, 2.75) is 69.1 Å². The first-order chi connectivity index (χ1) is 7.95. The lowest BCUT2D eigenvalue weighted by molar-refractivity contribution is 0.126. The smallest absolute Gasteiger partial charge is 0.160 e. The summed E-state index contributed by atoms with van der Waals surface area (Å²) >= 11 is 0.